The van der Waals surface area contributed by atoms with Gasteiger partial charge in [-0.05, 0) is 37.8 Å². The molecule has 1 N–H and O–H groups in total. The fourth-order valence-electron chi connectivity index (χ4n) is 2.46. The summed E-state index contributed by atoms with van der Waals surface area (Å²) >= 11 is 4.88. The fourth-order valence-corrected chi connectivity index (χ4v) is 3.58. The first kappa shape index (κ1) is 16.5. The van der Waals surface area contributed by atoms with Crippen molar-refractivity contribution >= 4 is 33.6 Å². The lowest BCUT2D eigenvalue weighted by atomic mass is 10.2. The molecule has 0 aliphatic heterocycles. The maximum Gasteiger partial charge on any atom is 0.230 e. The van der Waals surface area contributed by atoms with Gasteiger partial charge in [-0.1, -0.05) is 39.8 Å². The number of carbonyl (C=O) groups is 1. The summed E-state index contributed by atoms with van der Waals surface area (Å²) in [6, 6.07) is 8.21. The van der Waals surface area contributed by atoms with Crippen LogP contribution in [0.15, 0.2) is 33.9 Å². The molecule has 0 spiro atoms. The van der Waals surface area contributed by atoms with E-state index >= 15 is 0 Å². The molecule has 1 aliphatic carbocycles. The maximum atomic E-state index is 12.0. The van der Waals surface area contributed by atoms with Crippen molar-refractivity contribution in [3.63, 3.8) is 0 Å². The lowest BCUT2D eigenvalue weighted by Gasteiger charge is -2.12. The molecular formula is C16H19BrN4OS. The standard InChI is InChI=1S/C16H19BrN4OS/c1-10(11-6-7-11)18-14(22)9-23-16-20-19-15(21(16)2)12-4-3-5-13(17)8-12/h3-5,8,10-11H,6-7,9H2,1-2H3,(H,18,22)/t10-/m1/s1. The normalized spacial score (nSPS) is 15.4. The van der Waals surface area contributed by atoms with E-state index in [2.05, 4.69) is 38.4 Å². The molecule has 1 heterocycles. The average molecular weight is 395 g/mol. The van der Waals surface area contributed by atoms with Crippen molar-refractivity contribution in [3.8, 4) is 11.4 Å². The van der Waals surface area contributed by atoms with Crippen LogP contribution in [0.2, 0.25) is 0 Å². The second-order valence-electron chi connectivity index (χ2n) is 5.86. The van der Waals surface area contributed by atoms with Gasteiger partial charge in [-0.25, -0.2) is 0 Å². The third-order valence-corrected chi connectivity index (χ3v) is 5.48. The van der Waals surface area contributed by atoms with Gasteiger partial charge in [-0.2, -0.15) is 0 Å². The van der Waals surface area contributed by atoms with Crippen molar-refractivity contribution in [1.29, 1.82) is 0 Å². The van der Waals surface area contributed by atoms with Crippen LogP contribution in [0.3, 0.4) is 0 Å². The first-order chi connectivity index (χ1) is 11.0. The van der Waals surface area contributed by atoms with Crippen LogP contribution >= 0.6 is 27.7 Å². The van der Waals surface area contributed by atoms with Crippen LogP contribution < -0.4 is 5.32 Å². The van der Waals surface area contributed by atoms with Gasteiger partial charge in [-0.15, -0.1) is 10.2 Å². The van der Waals surface area contributed by atoms with Gasteiger partial charge in [0.1, 0.15) is 0 Å². The van der Waals surface area contributed by atoms with Crippen LogP contribution in [-0.2, 0) is 11.8 Å². The fraction of sp³-hybridized carbons (Fsp3) is 0.438. The van der Waals surface area contributed by atoms with E-state index < -0.39 is 0 Å². The van der Waals surface area contributed by atoms with Gasteiger partial charge in [0.15, 0.2) is 11.0 Å². The largest absolute Gasteiger partial charge is 0.353 e. The maximum absolute atomic E-state index is 12.0. The minimum absolute atomic E-state index is 0.0569. The Morgan fingerprint density at radius 3 is 2.96 bits per heavy atom. The van der Waals surface area contributed by atoms with E-state index in [0.717, 1.165) is 21.0 Å². The number of benzene rings is 1. The number of amides is 1. The number of hydrogen-bond acceptors (Lipinski definition) is 4. The number of thioether (sulfide) groups is 1. The van der Waals surface area contributed by atoms with Crippen molar-refractivity contribution in [1.82, 2.24) is 20.1 Å². The first-order valence-electron chi connectivity index (χ1n) is 7.62. The first-order valence-corrected chi connectivity index (χ1v) is 9.40. The zero-order chi connectivity index (χ0) is 16.4. The van der Waals surface area contributed by atoms with E-state index in [-0.39, 0.29) is 11.9 Å². The second kappa shape index (κ2) is 7.05. The van der Waals surface area contributed by atoms with Gasteiger partial charge >= 0.3 is 0 Å². The average Bonchev–Trinajstić information content (AvgIpc) is 3.30. The molecule has 7 heteroatoms. The topological polar surface area (TPSA) is 59.8 Å². The van der Waals surface area contributed by atoms with E-state index in [1.54, 1.807) is 0 Å². The monoisotopic (exact) mass is 394 g/mol. The Kier molecular flexibility index (Phi) is 5.06. The number of carbonyl (C=O) groups excluding carboxylic acids is 1. The van der Waals surface area contributed by atoms with Gasteiger partial charge < -0.3 is 9.88 Å². The molecule has 0 saturated heterocycles. The van der Waals surface area contributed by atoms with Crippen molar-refractivity contribution in [2.75, 3.05) is 5.75 Å². The van der Waals surface area contributed by atoms with E-state index in [9.17, 15) is 4.79 Å². The highest BCUT2D eigenvalue weighted by molar-refractivity contribution is 9.10. The van der Waals surface area contributed by atoms with Crippen LogP contribution in [0.5, 0.6) is 0 Å². The molecule has 2 aromatic rings. The van der Waals surface area contributed by atoms with Crippen molar-refractivity contribution in [2.45, 2.75) is 31.0 Å². The van der Waals surface area contributed by atoms with Crippen molar-refractivity contribution in [3.05, 3.63) is 28.7 Å². The highest BCUT2D eigenvalue weighted by atomic mass is 79.9. The molecule has 1 aliphatic rings. The second-order valence-corrected chi connectivity index (χ2v) is 7.72. The van der Waals surface area contributed by atoms with Gasteiger partial charge in [0.2, 0.25) is 5.91 Å². The molecule has 0 unspecified atom stereocenters. The van der Waals surface area contributed by atoms with Gasteiger partial charge in [-0.3, -0.25) is 4.79 Å². The zero-order valence-electron chi connectivity index (χ0n) is 13.1. The number of hydrogen-bond donors (Lipinski definition) is 1. The molecule has 1 aromatic carbocycles. The summed E-state index contributed by atoms with van der Waals surface area (Å²) < 4.78 is 2.92. The summed E-state index contributed by atoms with van der Waals surface area (Å²) in [7, 11) is 1.92. The van der Waals surface area contributed by atoms with Crippen LogP contribution in [0.4, 0.5) is 0 Å². The van der Waals surface area contributed by atoms with Crippen LogP contribution in [0.1, 0.15) is 19.8 Å². The van der Waals surface area contributed by atoms with Crippen molar-refractivity contribution < 1.29 is 4.79 Å². The molecule has 1 aromatic heterocycles. The predicted molar refractivity (Wildman–Crippen MR) is 95.2 cm³/mol. The van der Waals surface area contributed by atoms with Crippen LogP contribution in [0.25, 0.3) is 11.4 Å². The van der Waals surface area contributed by atoms with E-state index in [0.29, 0.717) is 11.7 Å². The quantitative estimate of drug-likeness (QED) is 0.763. The van der Waals surface area contributed by atoms with Crippen LogP contribution in [0, 0.1) is 5.92 Å². The summed E-state index contributed by atoms with van der Waals surface area (Å²) in [6.07, 6.45) is 2.46. The Hall–Kier alpha value is -1.34. The molecule has 5 nitrogen and oxygen atoms in total. The molecule has 1 amide bonds. The number of halogens is 1. The molecule has 1 fully saturated rings. The molecule has 23 heavy (non-hydrogen) atoms. The highest BCUT2D eigenvalue weighted by Gasteiger charge is 2.28. The van der Waals surface area contributed by atoms with E-state index in [4.69, 9.17) is 0 Å². The summed E-state index contributed by atoms with van der Waals surface area (Å²) in [6.45, 7) is 2.08. The molecule has 1 saturated carbocycles. The Bertz CT molecular complexity index is 714. The minimum Gasteiger partial charge on any atom is -0.353 e. The van der Waals surface area contributed by atoms with Gasteiger partial charge in [0, 0.05) is 23.1 Å². The van der Waals surface area contributed by atoms with Gasteiger partial charge in [0.25, 0.3) is 0 Å². The SMILES string of the molecule is C[C@@H](NC(=O)CSc1nnc(-c2cccc(Br)c2)n1C)C1CC1. The number of nitrogens with zero attached hydrogens (tertiary/aromatic N) is 3. The lowest BCUT2D eigenvalue weighted by molar-refractivity contribution is -0.119. The molecule has 0 bridgehead atoms. The van der Waals surface area contributed by atoms with E-state index in [1.165, 1.54) is 24.6 Å². The van der Waals surface area contributed by atoms with E-state index in [1.807, 2.05) is 35.9 Å². The Balaban J connectivity index is 1.62. The molecule has 3 rings (SSSR count). The number of rotatable bonds is 6. The third kappa shape index (κ3) is 4.14. The summed E-state index contributed by atoms with van der Waals surface area (Å²) in [5.74, 6) is 1.88. The summed E-state index contributed by atoms with van der Waals surface area (Å²) in [5, 5.41) is 12.2. The Labute approximate surface area is 148 Å². The third-order valence-electron chi connectivity index (χ3n) is 3.97. The summed E-state index contributed by atoms with van der Waals surface area (Å²) in [5.41, 5.74) is 0.994. The molecule has 0 radical (unpaired) electrons. The number of nitrogens with one attached hydrogen (secondary N) is 1. The molecular weight excluding hydrogens is 376 g/mol. The highest BCUT2D eigenvalue weighted by Crippen LogP contribution is 2.32. The Morgan fingerprint density at radius 1 is 1.48 bits per heavy atom. The Morgan fingerprint density at radius 2 is 2.26 bits per heavy atom. The lowest BCUT2D eigenvalue weighted by Crippen LogP contribution is -2.35. The predicted octanol–water partition coefficient (Wildman–Crippen LogP) is 3.25. The minimum atomic E-state index is 0.0569. The van der Waals surface area contributed by atoms with Crippen LogP contribution in [-0.4, -0.2) is 32.5 Å². The summed E-state index contributed by atoms with van der Waals surface area (Å²) in [4.78, 5) is 12.0. The van der Waals surface area contributed by atoms with Gasteiger partial charge in [0.05, 0.1) is 5.75 Å². The number of aromatic nitrogens is 3. The molecule has 1 atom stereocenters. The van der Waals surface area contributed by atoms with Crippen molar-refractivity contribution in [2.24, 2.45) is 13.0 Å². The molecule has 122 valence electrons. The smallest absolute Gasteiger partial charge is 0.230 e. The zero-order valence-corrected chi connectivity index (χ0v) is 15.5.